The molecular weight excluding hydrogens is 605 g/mol. The van der Waals surface area contributed by atoms with Crippen molar-refractivity contribution in [3.05, 3.63) is 146 Å². The largest absolute Gasteiger partial charge is 0.455 e. The lowest BCUT2D eigenvalue weighted by molar-refractivity contribution is 0.670. The molecule has 0 radical (unpaired) electrons. The number of furan rings is 1. The average Bonchev–Trinajstić information content (AvgIpc) is 3.72. The van der Waals surface area contributed by atoms with Crippen LogP contribution in [-0.4, -0.2) is 9.97 Å². The van der Waals surface area contributed by atoms with Crippen molar-refractivity contribution in [2.24, 2.45) is 0 Å². The molecular formula is C44H26N2OS. The van der Waals surface area contributed by atoms with E-state index in [1.807, 2.05) is 53.8 Å². The van der Waals surface area contributed by atoms with Gasteiger partial charge in [0.1, 0.15) is 16.9 Å². The first-order valence-corrected chi connectivity index (χ1v) is 16.8. The molecule has 0 unspecified atom stereocenters. The maximum absolute atomic E-state index is 6.92. The molecule has 7 aromatic carbocycles. The third kappa shape index (κ3) is 3.75. The van der Waals surface area contributed by atoms with Crippen LogP contribution in [0.5, 0.6) is 0 Å². The highest BCUT2D eigenvalue weighted by atomic mass is 32.1. The zero-order valence-corrected chi connectivity index (χ0v) is 26.6. The summed E-state index contributed by atoms with van der Waals surface area (Å²) in [4.78, 5) is 10.5. The molecule has 0 amide bonds. The molecule has 0 atom stereocenters. The quantitative estimate of drug-likeness (QED) is 0.178. The molecule has 10 aromatic rings. The Kier molecular flexibility index (Phi) is 5.75. The molecule has 0 bridgehead atoms. The van der Waals surface area contributed by atoms with Crippen LogP contribution in [-0.2, 0) is 0 Å². The van der Waals surface area contributed by atoms with Gasteiger partial charge in [-0.25, -0.2) is 9.97 Å². The Morgan fingerprint density at radius 1 is 0.542 bits per heavy atom. The van der Waals surface area contributed by atoms with Gasteiger partial charge in [-0.2, -0.15) is 0 Å². The van der Waals surface area contributed by atoms with Crippen LogP contribution in [0.25, 0.3) is 110 Å². The predicted molar refractivity (Wildman–Crippen MR) is 205 cm³/mol. The number of fused-ring (bicyclic) bond motifs is 5. The lowest BCUT2D eigenvalue weighted by Gasteiger charge is -2.12. The van der Waals surface area contributed by atoms with E-state index in [1.54, 1.807) is 0 Å². The van der Waals surface area contributed by atoms with Gasteiger partial charge >= 0.3 is 0 Å². The van der Waals surface area contributed by atoms with E-state index < -0.39 is 0 Å². The van der Waals surface area contributed by atoms with Crippen LogP contribution in [0.3, 0.4) is 0 Å². The first-order chi connectivity index (χ1) is 23.7. The highest BCUT2D eigenvalue weighted by Gasteiger charge is 2.24. The number of benzene rings is 7. The van der Waals surface area contributed by atoms with Crippen molar-refractivity contribution in [1.29, 1.82) is 0 Å². The number of thiophene rings is 1. The maximum atomic E-state index is 6.92. The molecule has 4 heteroatoms. The summed E-state index contributed by atoms with van der Waals surface area (Å²) in [5.74, 6) is 0. The number of rotatable bonds is 5. The first-order valence-electron chi connectivity index (χ1n) is 16.0. The van der Waals surface area contributed by atoms with Gasteiger partial charge in [-0.1, -0.05) is 110 Å². The fourth-order valence-electron chi connectivity index (χ4n) is 7.48. The third-order valence-corrected chi connectivity index (χ3v) is 10.7. The minimum atomic E-state index is 0.795. The number of aromatic nitrogens is 2. The van der Waals surface area contributed by atoms with E-state index in [0.717, 1.165) is 83.1 Å². The van der Waals surface area contributed by atoms with Crippen molar-refractivity contribution in [2.45, 2.75) is 0 Å². The lowest BCUT2D eigenvalue weighted by Crippen LogP contribution is -1.96. The second-order valence-corrected chi connectivity index (χ2v) is 13.2. The topological polar surface area (TPSA) is 38.9 Å². The lowest BCUT2D eigenvalue weighted by atomic mass is 9.90. The smallest absolute Gasteiger partial charge is 0.144 e. The van der Waals surface area contributed by atoms with Crippen molar-refractivity contribution < 1.29 is 4.42 Å². The molecule has 3 nitrogen and oxygen atoms in total. The SMILES string of the molecule is C=Cc1c(C=C)c2cc3oc4c(-c5nc6ccccc6nc5-c5cccc(-c6ccccc6)c5)cccc4c3c3sc4cccc1c4c23. The van der Waals surface area contributed by atoms with Gasteiger partial charge in [-0.3, -0.25) is 0 Å². The Morgan fingerprint density at radius 2 is 1.21 bits per heavy atom. The Hall–Kier alpha value is -6.10. The molecule has 0 aliphatic rings. The Bertz CT molecular complexity index is 2930. The fraction of sp³-hybridized carbons (Fsp3) is 0. The normalized spacial score (nSPS) is 11.9. The zero-order chi connectivity index (χ0) is 31.9. The molecule has 0 N–H and O–H groups in total. The van der Waals surface area contributed by atoms with Crippen LogP contribution in [0, 0.1) is 0 Å². The van der Waals surface area contributed by atoms with E-state index in [4.69, 9.17) is 14.4 Å². The van der Waals surface area contributed by atoms with Crippen molar-refractivity contribution in [1.82, 2.24) is 9.97 Å². The molecule has 10 rings (SSSR count). The van der Waals surface area contributed by atoms with E-state index in [2.05, 4.69) is 104 Å². The molecule has 0 aliphatic heterocycles. The third-order valence-electron chi connectivity index (χ3n) is 9.58. The van der Waals surface area contributed by atoms with Gasteiger partial charge in [0.05, 0.1) is 16.7 Å². The zero-order valence-electron chi connectivity index (χ0n) is 25.8. The predicted octanol–water partition coefficient (Wildman–Crippen LogP) is 12.8. The summed E-state index contributed by atoms with van der Waals surface area (Å²) in [5.41, 5.74) is 11.4. The second kappa shape index (κ2) is 10.2. The van der Waals surface area contributed by atoms with Crippen molar-refractivity contribution in [3.8, 4) is 33.6 Å². The van der Waals surface area contributed by atoms with E-state index >= 15 is 0 Å². The van der Waals surface area contributed by atoms with Crippen LogP contribution < -0.4 is 0 Å². The van der Waals surface area contributed by atoms with Crippen LogP contribution in [0.1, 0.15) is 11.1 Å². The van der Waals surface area contributed by atoms with Crippen LogP contribution in [0.15, 0.2) is 139 Å². The molecule has 0 spiro atoms. The molecule has 3 aromatic heterocycles. The molecule has 224 valence electrons. The summed E-state index contributed by atoms with van der Waals surface area (Å²) in [6.07, 6.45) is 3.90. The van der Waals surface area contributed by atoms with E-state index in [9.17, 15) is 0 Å². The number of hydrogen-bond donors (Lipinski definition) is 0. The average molecular weight is 631 g/mol. The second-order valence-electron chi connectivity index (χ2n) is 12.2. The van der Waals surface area contributed by atoms with Gasteiger partial charge in [-0.05, 0) is 69.4 Å². The van der Waals surface area contributed by atoms with Crippen molar-refractivity contribution >= 4 is 87.4 Å². The van der Waals surface area contributed by atoms with Gasteiger partial charge < -0.3 is 4.42 Å². The van der Waals surface area contributed by atoms with Crippen molar-refractivity contribution in [3.63, 3.8) is 0 Å². The van der Waals surface area contributed by atoms with Gasteiger partial charge in [0.2, 0.25) is 0 Å². The van der Waals surface area contributed by atoms with Gasteiger partial charge in [0.15, 0.2) is 0 Å². The fourth-order valence-corrected chi connectivity index (χ4v) is 8.78. The van der Waals surface area contributed by atoms with E-state index in [0.29, 0.717) is 0 Å². The summed E-state index contributed by atoms with van der Waals surface area (Å²) >= 11 is 1.82. The molecule has 3 heterocycles. The molecule has 0 fully saturated rings. The van der Waals surface area contributed by atoms with Crippen LogP contribution in [0.4, 0.5) is 0 Å². The number of hydrogen-bond acceptors (Lipinski definition) is 4. The number of nitrogens with zero attached hydrogens (tertiary/aromatic N) is 2. The van der Waals surface area contributed by atoms with Gasteiger partial charge in [-0.15, -0.1) is 11.3 Å². The van der Waals surface area contributed by atoms with E-state index in [1.165, 1.54) is 25.6 Å². The Balaban J connectivity index is 1.30. The van der Waals surface area contributed by atoms with Gasteiger partial charge in [0, 0.05) is 42.1 Å². The highest BCUT2D eigenvalue weighted by molar-refractivity contribution is 7.27. The monoisotopic (exact) mass is 630 g/mol. The minimum absolute atomic E-state index is 0.795. The summed E-state index contributed by atoms with van der Waals surface area (Å²) in [5, 5.41) is 7.08. The molecule has 48 heavy (non-hydrogen) atoms. The Morgan fingerprint density at radius 3 is 2.02 bits per heavy atom. The molecule has 0 aliphatic carbocycles. The summed E-state index contributed by atoms with van der Waals surface area (Å²) < 4.78 is 9.40. The minimum Gasteiger partial charge on any atom is -0.455 e. The van der Waals surface area contributed by atoms with Crippen molar-refractivity contribution in [2.75, 3.05) is 0 Å². The van der Waals surface area contributed by atoms with Crippen LogP contribution >= 0.6 is 11.3 Å². The molecule has 0 saturated heterocycles. The maximum Gasteiger partial charge on any atom is 0.144 e. The Labute approximate surface area is 280 Å². The molecule has 0 saturated carbocycles. The first kappa shape index (κ1) is 27.1. The summed E-state index contributed by atoms with van der Waals surface area (Å²) in [6, 6.07) is 42.2. The van der Waals surface area contributed by atoms with Crippen LogP contribution in [0.2, 0.25) is 0 Å². The highest BCUT2D eigenvalue weighted by Crippen LogP contribution is 2.50. The summed E-state index contributed by atoms with van der Waals surface area (Å²) in [6.45, 7) is 8.38. The van der Waals surface area contributed by atoms with Gasteiger partial charge in [0.25, 0.3) is 0 Å². The standard InChI is InChI=1S/C44H26N2OS/c1-3-28-29(4-2)33-24-36-38(44-40(33)39-30(28)17-12-22-37(39)48-44)31-18-11-19-32(43(31)47-36)42-41(45-34-20-8-9-21-35(34)46-42)27-16-10-15-26(23-27)25-13-6-5-7-14-25/h3-24H,1-2H2. The number of para-hydroxylation sites is 3. The van der Waals surface area contributed by atoms with E-state index in [-0.39, 0.29) is 0 Å². The summed E-state index contributed by atoms with van der Waals surface area (Å²) in [7, 11) is 0.